The average molecular weight is 510 g/mol. The lowest BCUT2D eigenvalue weighted by atomic mass is 9.93. The number of guanidine groups is 1. The first kappa shape index (κ1) is 23.2. The van der Waals surface area contributed by atoms with E-state index in [1.165, 1.54) is 0 Å². The van der Waals surface area contributed by atoms with Gasteiger partial charge < -0.3 is 20.1 Å². The maximum atomic E-state index is 12.0. The number of carbonyl (C=O) groups excluding carboxylic acids is 1. The van der Waals surface area contributed by atoms with Gasteiger partial charge in [-0.1, -0.05) is 19.1 Å². The van der Waals surface area contributed by atoms with Crippen LogP contribution in [0.5, 0.6) is 0 Å². The van der Waals surface area contributed by atoms with Crippen LogP contribution in [-0.4, -0.2) is 53.0 Å². The van der Waals surface area contributed by atoms with E-state index in [2.05, 4.69) is 37.0 Å². The molecule has 0 spiro atoms. The molecule has 0 radical (unpaired) electrons. The van der Waals surface area contributed by atoms with Crippen LogP contribution in [0.25, 0.3) is 0 Å². The molecule has 1 saturated heterocycles. The van der Waals surface area contributed by atoms with Crippen molar-refractivity contribution in [1.29, 1.82) is 0 Å². The number of hydrogen-bond donors (Lipinski definition) is 2. The standard InChI is InChI=1S/C21H30N6O.HI/c1-4-24-20(28)18-7-5-6-17(12-18)13-25-21(22-3)26-10-8-16(2)19(14-26)27-11-9-23-15-27;/h5-7,9,11-12,15-16,19H,4,8,10,13-14H2,1-3H3,(H,22,25)(H,24,28);1H. The van der Waals surface area contributed by atoms with E-state index in [9.17, 15) is 4.79 Å². The van der Waals surface area contributed by atoms with Crippen molar-refractivity contribution in [2.24, 2.45) is 10.9 Å². The van der Waals surface area contributed by atoms with Crippen molar-refractivity contribution >= 4 is 35.8 Å². The van der Waals surface area contributed by atoms with Crippen molar-refractivity contribution in [2.45, 2.75) is 32.9 Å². The number of halogens is 1. The van der Waals surface area contributed by atoms with E-state index >= 15 is 0 Å². The highest BCUT2D eigenvalue weighted by Gasteiger charge is 2.28. The summed E-state index contributed by atoms with van der Waals surface area (Å²) in [6.07, 6.45) is 6.87. The Morgan fingerprint density at radius 1 is 1.34 bits per heavy atom. The zero-order valence-electron chi connectivity index (χ0n) is 17.3. The van der Waals surface area contributed by atoms with E-state index in [1.54, 1.807) is 0 Å². The number of benzene rings is 1. The molecule has 2 heterocycles. The molecule has 7 nitrogen and oxygen atoms in total. The van der Waals surface area contributed by atoms with Gasteiger partial charge in [0.05, 0.1) is 12.4 Å². The average Bonchev–Trinajstić information content (AvgIpc) is 3.24. The van der Waals surface area contributed by atoms with Gasteiger partial charge in [-0.15, -0.1) is 24.0 Å². The minimum absolute atomic E-state index is 0. The second kappa shape index (κ2) is 11.2. The molecule has 29 heavy (non-hydrogen) atoms. The molecular weight excluding hydrogens is 479 g/mol. The number of nitrogens with zero attached hydrogens (tertiary/aromatic N) is 4. The number of carbonyl (C=O) groups is 1. The maximum absolute atomic E-state index is 12.0. The molecule has 2 atom stereocenters. The fourth-order valence-electron chi connectivity index (χ4n) is 3.69. The minimum Gasteiger partial charge on any atom is -0.352 e. The third-order valence-corrected chi connectivity index (χ3v) is 5.31. The number of nitrogens with one attached hydrogen (secondary N) is 2. The van der Waals surface area contributed by atoms with Crippen molar-refractivity contribution in [3.8, 4) is 0 Å². The quantitative estimate of drug-likeness (QED) is 0.369. The first-order valence-corrected chi connectivity index (χ1v) is 9.92. The molecular formula is C21H31IN6O. The first-order chi connectivity index (χ1) is 13.6. The number of amides is 1. The Balaban J connectivity index is 0.00000300. The minimum atomic E-state index is -0.0399. The van der Waals surface area contributed by atoms with Gasteiger partial charge in [0.1, 0.15) is 0 Å². The third kappa shape index (κ3) is 5.94. The summed E-state index contributed by atoms with van der Waals surface area (Å²) in [6, 6.07) is 8.09. The highest BCUT2D eigenvalue weighted by molar-refractivity contribution is 14.0. The molecule has 1 fully saturated rings. The number of imidazole rings is 1. The highest BCUT2D eigenvalue weighted by Crippen LogP contribution is 2.27. The third-order valence-electron chi connectivity index (χ3n) is 5.31. The molecule has 0 aliphatic carbocycles. The maximum Gasteiger partial charge on any atom is 0.251 e. The number of aliphatic imine (C=N–C) groups is 1. The smallest absolute Gasteiger partial charge is 0.251 e. The molecule has 1 aromatic heterocycles. The Morgan fingerprint density at radius 3 is 2.86 bits per heavy atom. The summed E-state index contributed by atoms with van der Waals surface area (Å²) >= 11 is 0. The van der Waals surface area contributed by atoms with Gasteiger partial charge in [0, 0.05) is 51.2 Å². The molecule has 8 heteroatoms. The van der Waals surface area contributed by atoms with Crippen molar-refractivity contribution in [2.75, 3.05) is 26.7 Å². The topological polar surface area (TPSA) is 74.6 Å². The Morgan fingerprint density at radius 2 is 2.17 bits per heavy atom. The summed E-state index contributed by atoms with van der Waals surface area (Å²) in [6.45, 7) is 7.34. The summed E-state index contributed by atoms with van der Waals surface area (Å²) < 4.78 is 2.19. The van der Waals surface area contributed by atoms with Crippen molar-refractivity contribution in [3.63, 3.8) is 0 Å². The highest BCUT2D eigenvalue weighted by atomic mass is 127. The molecule has 1 aliphatic rings. The summed E-state index contributed by atoms with van der Waals surface area (Å²) in [7, 11) is 1.82. The summed E-state index contributed by atoms with van der Waals surface area (Å²) in [4.78, 5) is 23.0. The molecule has 3 rings (SSSR count). The number of likely N-dealkylation sites (tertiary alicyclic amines) is 1. The number of piperidine rings is 1. The largest absolute Gasteiger partial charge is 0.352 e. The van der Waals surface area contributed by atoms with Gasteiger partial charge in [-0.05, 0) is 37.0 Å². The molecule has 1 amide bonds. The molecule has 2 unspecified atom stereocenters. The van der Waals surface area contributed by atoms with Gasteiger partial charge in [0.15, 0.2) is 5.96 Å². The van der Waals surface area contributed by atoms with Gasteiger partial charge in [-0.2, -0.15) is 0 Å². The zero-order valence-corrected chi connectivity index (χ0v) is 19.7. The van der Waals surface area contributed by atoms with Crippen LogP contribution in [0, 0.1) is 5.92 Å². The predicted molar refractivity (Wildman–Crippen MR) is 127 cm³/mol. The van der Waals surface area contributed by atoms with E-state index in [1.807, 2.05) is 57.0 Å². The lowest BCUT2D eigenvalue weighted by Crippen LogP contribution is -2.48. The van der Waals surface area contributed by atoms with Gasteiger partial charge in [0.2, 0.25) is 0 Å². The van der Waals surface area contributed by atoms with E-state index in [0.29, 0.717) is 30.6 Å². The van der Waals surface area contributed by atoms with E-state index in [0.717, 1.165) is 31.0 Å². The van der Waals surface area contributed by atoms with Crippen LogP contribution in [0.1, 0.15) is 42.2 Å². The van der Waals surface area contributed by atoms with Gasteiger partial charge >= 0.3 is 0 Å². The Labute approximate surface area is 190 Å². The fourth-order valence-corrected chi connectivity index (χ4v) is 3.69. The molecule has 158 valence electrons. The second-order valence-corrected chi connectivity index (χ2v) is 7.25. The molecule has 1 aromatic carbocycles. The first-order valence-electron chi connectivity index (χ1n) is 9.92. The van der Waals surface area contributed by atoms with Crippen molar-refractivity contribution in [3.05, 3.63) is 54.1 Å². The van der Waals surface area contributed by atoms with Gasteiger partial charge in [-0.25, -0.2) is 4.98 Å². The van der Waals surface area contributed by atoms with E-state index in [4.69, 9.17) is 0 Å². The van der Waals surface area contributed by atoms with E-state index < -0.39 is 0 Å². The number of aromatic nitrogens is 2. The molecule has 0 bridgehead atoms. The Hall–Kier alpha value is -2.10. The summed E-state index contributed by atoms with van der Waals surface area (Å²) in [5.41, 5.74) is 1.74. The second-order valence-electron chi connectivity index (χ2n) is 7.25. The normalized spacial score (nSPS) is 19.4. The molecule has 1 aliphatic heterocycles. The fraction of sp³-hybridized carbons (Fsp3) is 0.476. The Kier molecular flexibility index (Phi) is 8.94. The molecule has 2 N–H and O–H groups in total. The molecule has 0 saturated carbocycles. The van der Waals surface area contributed by atoms with Crippen LogP contribution >= 0.6 is 24.0 Å². The summed E-state index contributed by atoms with van der Waals surface area (Å²) in [5.74, 6) is 1.44. The monoisotopic (exact) mass is 510 g/mol. The Bertz CT molecular complexity index is 807. The van der Waals surface area contributed by atoms with E-state index in [-0.39, 0.29) is 29.9 Å². The molecule has 2 aromatic rings. The van der Waals surface area contributed by atoms with Gasteiger partial charge in [-0.3, -0.25) is 9.79 Å². The lowest BCUT2D eigenvalue weighted by molar-refractivity contribution is 0.0955. The van der Waals surface area contributed by atoms with Gasteiger partial charge in [0.25, 0.3) is 5.91 Å². The number of rotatable bonds is 5. The van der Waals surface area contributed by atoms with Crippen LogP contribution in [-0.2, 0) is 6.54 Å². The van der Waals surface area contributed by atoms with Crippen LogP contribution in [0.2, 0.25) is 0 Å². The van der Waals surface area contributed by atoms with Crippen LogP contribution in [0.4, 0.5) is 0 Å². The zero-order chi connectivity index (χ0) is 19.9. The van der Waals surface area contributed by atoms with Crippen LogP contribution in [0.3, 0.4) is 0 Å². The summed E-state index contributed by atoms with van der Waals surface area (Å²) in [5, 5.41) is 6.29. The van der Waals surface area contributed by atoms with Crippen LogP contribution in [0.15, 0.2) is 48.0 Å². The van der Waals surface area contributed by atoms with Crippen molar-refractivity contribution < 1.29 is 4.79 Å². The number of hydrogen-bond acceptors (Lipinski definition) is 3. The SMILES string of the molecule is CCNC(=O)c1cccc(CNC(=NC)N2CCC(C)C(n3ccnc3)C2)c1.I. The lowest BCUT2D eigenvalue weighted by Gasteiger charge is -2.39. The van der Waals surface area contributed by atoms with Crippen molar-refractivity contribution in [1.82, 2.24) is 25.1 Å². The van der Waals surface area contributed by atoms with Crippen LogP contribution < -0.4 is 10.6 Å². The predicted octanol–water partition coefficient (Wildman–Crippen LogP) is 2.91.